The van der Waals surface area contributed by atoms with Gasteiger partial charge in [0.25, 0.3) is 5.91 Å². The number of benzene rings is 3. The topological polar surface area (TPSA) is 69.6 Å². The minimum absolute atomic E-state index is 0.0222. The van der Waals surface area contributed by atoms with Gasteiger partial charge in [0.2, 0.25) is 5.91 Å². The predicted octanol–water partition coefficient (Wildman–Crippen LogP) is 5.00. The average molecular weight is 520 g/mol. The van der Waals surface area contributed by atoms with E-state index in [0.29, 0.717) is 31.7 Å². The molecule has 198 valence electrons. The van der Waals surface area contributed by atoms with Crippen LogP contribution in [0, 0.1) is 6.92 Å². The third-order valence-electron chi connectivity index (χ3n) is 7.29. The summed E-state index contributed by atoms with van der Waals surface area (Å²) in [5.41, 5.74) is 4.52. The van der Waals surface area contributed by atoms with E-state index in [0.717, 1.165) is 28.2 Å². The van der Waals surface area contributed by atoms with Gasteiger partial charge in [0, 0.05) is 37.3 Å². The van der Waals surface area contributed by atoms with Gasteiger partial charge in [0.15, 0.2) is 5.82 Å². The second-order valence-corrected chi connectivity index (χ2v) is 9.90. The zero-order valence-electron chi connectivity index (χ0n) is 22.4. The van der Waals surface area contributed by atoms with Crippen molar-refractivity contribution < 1.29 is 9.59 Å². The number of carbonyl (C=O) groups is 2. The molecule has 1 aliphatic heterocycles. The molecule has 0 saturated carbocycles. The molecule has 1 aliphatic rings. The Morgan fingerprint density at radius 1 is 0.795 bits per heavy atom. The van der Waals surface area contributed by atoms with Crippen molar-refractivity contribution in [2.45, 2.75) is 19.9 Å². The van der Waals surface area contributed by atoms with Gasteiger partial charge >= 0.3 is 0 Å². The van der Waals surface area contributed by atoms with Gasteiger partial charge in [-0.1, -0.05) is 78.4 Å². The van der Waals surface area contributed by atoms with E-state index in [4.69, 9.17) is 0 Å². The van der Waals surface area contributed by atoms with E-state index in [1.807, 2.05) is 116 Å². The van der Waals surface area contributed by atoms with Crippen LogP contribution in [0.2, 0.25) is 0 Å². The number of nitrogens with zero attached hydrogens (tertiary/aromatic N) is 5. The van der Waals surface area contributed by atoms with Crippen LogP contribution in [0.4, 0.5) is 5.82 Å². The van der Waals surface area contributed by atoms with Crippen LogP contribution < -0.4 is 4.90 Å². The third kappa shape index (κ3) is 6.14. The molecule has 5 rings (SSSR count). The van der Waals surface area contributed by atoms with E-state index in [1.165, 1.54) is 0 Å². The van der Waals surface area contributed by atoms with Crippen LogP contribution in [0.5, 0.6) is 0 Å². The summed E-state index contributed by atoms with van der Waals surface area (Å²) in [4.78, 5) is 32.7. The van der Waals surface area contributed by atoms with E-state index in [1.54, 1.807) is 4.90 Å². The molecule has 7 nitrogen and oxygen atoms in total. The summed E-state index contributed by atoms with van der Waals surface area (Å²) in [5, 5.41) is 8.84. The number of piperazine rings is 1. The van der Waals surface area contributed by atoms with Crippen molar-refractivity contribution >= 4 is 17.6 Å². The van der Waals surface area contributed by atoms with Gasteiger partial charge in [-0.15, -0.1) is 10.2 Å². The summed E-state index contributed by atoms with van der Waals surface area (Å²) < 4.78 is 0. The average Bonchev–Trinajstić information content (AvgIpc) is 3.00. The van der Waals surface area contributed by atoms with Crippen LogP contribution in [0.25, 0.3) is 11.3 Å². The molecule has 0 bridgehead atoms. The minimum Gasteiger partial charge on any atom is -0.352 e. The molecular formula is C32H33N5O2. The lowest BCUT2D eigenvalue weighted by Crippen LogP contribution is -2.52. The SMILES string of the molecule is Cc1ccc(C(=O)N(CC(=O)N2CCN(c3ccc(-c4ccccc4)nn3)CC2)C(C)c2ccccc2)cc1. The zero-order valence-corrected chi connectivity index (χ0v) is 22.4. The van der Waals surface area contributed by atoms with Crippen molar-refractivity contribution in [1.82, 2.24) is 20.0 Å². The number of hydrogen-bond acceptors (Lipinski definition) is 5. The summed E-state index contributed by atoms with van der Waals surface area (Å²) in [6.07, 6.45) is 0. The van der Waals surface area contributed by atoms with E-state index in [-0.39, 0.29) is 24.4 Å². The van der Waals surface area contributed by atoms with Crippen molar-refractivity contribution in [1.29, 1.82) is 0 Å². The maximum absolute atomic E-state index is 13.6. The lowest BCUT2D eigenvalue weighted by Gasteiger charge is -2.37. The van der Waals surface area contributed by atoms with Gasteiger partial charge in [0.1, 0.15) is 6.54 Å². The Labute approximate surface area is 229 Å². The Kier molecular flexibility index (Phi) is 7.96. The van der Waals surface area contributed by atoms with Crippen LogP contribution in [-0.2, 0) is 4.79 Å². The first kappa shape index (κ1) is 26.1. The molecule has 0 radical (unpaired) electrons. The Morgan fingerprint density at radius 3 is 2.05 bits per heavy atom. The first-order valence-corrected chi connectivity index (χ1v) is 13.3. The fourth-order valence-corrected chi connectivity index (χ4v) is 4.85. The van der Waals surface area contributed by atoms with Gasteiger partial charge in [0.05, 0.1) is 11.7 Å². The summed E-state index contributed by atoms with van der Waals surface area (Å²) in [5.74, 6) is 0.603. The third-order valence-corrected chi connectivity index (χ3v) is 7.29. The highest BCUT2D eigenvalue weighted by atomic mass is 16.2. The van der Waals surface area contributed by atoms with Crippen molar-refractivity contribution in [3.05, 3.63) is 114 Å². The van der Waals surface area contributed by atoms with Crippen LogP contribution in [0.15, 0.2) is 97.1 Å². The summed E-state index contributed by atoms with van der Waals surface area (Å²) in [6, 6.07) is 31.0. The summed E-state index contributed by atoms with van der Waals surface area (Å²) >= 11 is 0. The van der Waals surface area contributed by atoms with Gasteiger partial charge < -0.3 is 14.7 Å². The second kappa shape index (κ2) is 11.9. The molecule has 2 amide bonds. The quantitative estimate of drug-likeness (QED) is 0.344. The maximum atomic E-state index is 13.6. The van der Waals surface area contributed by atoms with Gasteiger partial charge in [-0.2, -0.15) is 0 Å². The molecule has 1 aromatic heterocycles. The Bertz CT molecular complexity index is 1380. The van der Waals surface area contributed by atoms with Crippen LogP contribution in [-0.4, -0.2) is 64.5 Å². The summed E-state index contributed by atoms with van der Waals surface area (Å²) in [6.45, 7) is 6.43. The molecule has 1 atom stereocenters. The fourth-order valence-electron chi connectivity index (χ4n) is 4.85. The number of carbonyl (C=O) groups excluding carboxylic acids is 2. The van der Waals surface area contributed by atoms with Gasteiger partial charge in [-0.25, -0.2) is 0 Å². The summed E-state index contributed by atoms with van der Waals surface area (Å²) in [7, 11) is 0. The normalized spacial score (nSPS) is 14.1. The number of rotatable bonds is 7. The fraction of sp³-hybridized carbons (Fsp3) is 0.250. The number of amides is 2. The molecule has 39 heavy (non-hydrogen) atoms. The molecule has 3 aromatic carbocycles. The number of aryl methyl sites for hydroxylation is 1. The maximum Gasteiger partial charge on any atom is 0.254 e. The Morgan fingerprint density at radius 2 is 1.44 bits per heavy atom. The molecule has 0 spiro atoms. The minimum atomic E-state index is -0.247. The monoisotopic (exact) mass is 519 g/mol. The van der Waals surface area contributed by atoms with E-state index >= 15 is 0 Å². The molecule has 1 saturated heterocycles. The van der Waals surface area contributed by atoms with Crippen molar-refractivity contribution in [2.24, 2.45) is 0 Å². The van der Waals surface area contributed by atoms with Crippen LogP contribution in [0.1, 0.15) is 34.5 Å². The van der Waals surface area contributed by atoms with Gasteiger partial charge in [-0.05, 0) is 43.7 Å². The first-order chi connectivity index (χ1) is 19.0. The van der Waals surface area contributed by atoms with Gasteiger partial charge in [-0.3, -0.25) is 9.59 Å². The lowest BCUT2D eigenvalue weighted by atomic mass is 10.0. The smallest absolute Gasteiger partial charge is 0.254 e. The predicted molar refractivity (Wildman–Crippen MR) is 153 cm³/mol. The van der Waals surface area contributed by atoms with Crippen LogP contribution in [0.3, 0.4) is 0 Å². The molecule has 4 aromatic rings. The van der Waals surface area contributed by atoms with E-state index in [9.17, 15) is 9.59 Å². The zero-order chi connectivity index (χ0) is 27.2. The highest BCUT2D eigenvalue weighted by Crippen LogP contribution is 2.24. The second-order valence-electron chi connectivity index (χ2n) is 9.90. The molecule has 2 heterocycles. The largest absolute Gasteiger partial charge is 0.352 e. The van der Waals surface area contributed by atoms with E-state index in [2.05, 4.69) is 15.1 Å². The van der Waals surface area contributed by atoms with Crippen LogP contribution >= 0.6 is 0 Å². The Balaban J connectivity index is 1.25. The number of aromatic nitrogens is 2. The van der Waals surface area contributed by atoms with Crippen molar-refractivity contribution in [3.8, 4) is 11.3 Å². The van der Waals surface area contributed by atoms with Crippen molar-refractivity contribution in [3.63, 3.8) is 0 Å². The molecule has 1 fully saturated rings. The standard InChI is InChI=1S/C32H33N5O2/c1-24-13-15-28(16-14-24)32(39)37(25(2)26-9-5-3-6-10-26)23-31(38)36-21-19-35(20-22-36)30-18-17-29(33-34-30)27-11-7-4-8-12-27/h3-18,25H,19-23H2,1-2H3. The number of hydrogen-bond donors (Lipinski definition) is 0. The Hall–Kier alpha value is -4.52. The number of anilines is 1. The molecular weight excluding hydrogens is 486 g/mol. The highest BCUT2D eigenvalue weighted by Gasteiger charge is 2.29. The first-order valence-electron chi connectivity index (χ1n) is 13.3. The molecule has 7 heteroatoms. The lowest BCUT2D eigenvalue weighted by molar-refractivity contribution is -0.132. The van der Waals surface area contributed by atoms with Crippen molar-refractivity contribution in [2.75, 3.05) is 37.6 Å². The molecule has 0 aliphatic carbocycles. The highest BCUT2D eigenvalue weighted by molar-refractivity contribution is 5.97. The van der Waals surface area contributed by atoms with E-state index < -0.39 is 0 Å². The molecule has 1 unspecified atom stereocenters. The molecule has 0 N–H and O–H groups in total.